The number of rotatable bonds is 3. The Morgan fingerprint density at radius 1 is 1.33 bits per heavy atom. The fourth-order valence-electron chi connectivity index (χ4n) is 2.86. The van der Waals surface area contributed by atoms with E-state index in [9.17, 15) is 9.59 Å². The van der Waals surface area contributed by atoms with Crippen molar-refractivity contribution >= 4 is 0 Å². The van der Waals surface area contributed by atoms with Crippen molar-refractivity contribution in [1.29, 1.82) is 0 Å². The molecule has 0 amide bonds. The highest BCUT2D eigenvalue weighted by Gasteiger charge is 2.41. The maximum absolute atomic E-state index is 11.8. The number of nitrogens with zero attached hydrogens (tertiary/aromatic N) is 3. The van der Waals surface area contributed by atoms with Crippen molar-refractivity contribution in [3.8, 4) is 5.82 Å². The molecule has 1 saturated carbocycles. The van der Waals surface area contributed by atoms with Gasteiger partial charge in [-0.3, -0.25) is 14.3 Å². The van der Waals surface area contributed by atoms with Gasteiger partial charge in [-0.25, -0.2) is 4.79 Å². The van der Waals surface area contributed by atoms with E-state index in [0.29, 0.717) is 23.6 Å². The average molecular weight is 286 g/mol. The number of aryl methyl sites for hydroxylation is 1. The second-order valence-electron chi connectivity index (χ2n) is 5.97. The third kappa shape index (κ3) is 2.53. The second kappa shape index (κ2) is 4.95. The van der Waals surface area contributed by atoms with Gasteiger partial charge in [0.1, 0.15) is 0 Å². The van der Waals surface area contributed by atoms with E-state index in [2.05, 4.69) is 29.0 Å². The molecule has 6 nitrogen and oxygen atoms in total. The number of H-pyrrole nitrogens is 1. The van der Waals surface area contributed by atoms with Gasteiger partial charge in [0.25, 0.3) is 5.56 Å². The van der Waals surface area contributed by atoms with Crippen molar-refractivity contribution in [3.05, 3.63) is 50.4 Å². The molecule has 1 fully saturated rings. The fraction of sp³-hybridized carbons (Fsp3) is 0.467. The zero-order valence-electron chi connectivity index (χ0n) is 12.3. The standard InChI is InChI=1S/C15H18N4O2/c1-8(2)10-6-12(10)11-7-13(18-17-9(11)3)19-5-4-14(20)16-15(19)21/h4-5,7-8,10,12H,6H2,1-3H3,(H,16,20,21). The van der Waals surface area contributed by atoms with E-state index in [1.165, 1.54) is 16.8 Å². The van der Waals surface area contributed by atoms with Gasteiger partial charge in [0, 0.05) is 12.3 Å². The predicted octanol–water partition coefficient (Wildman–Crippen LogP) is 1.38. The summed E-state index contributed by atoms with van der Waals surface area (Å²) in [5.74, 6) is 2.26. The molecule has 3 rings (SSSR count). The van der Waals surface area contributed by atoms with Gasteiger partial charge in [0.15, 0.2) is 5.82 Å². The molecule has 0 radical (unpaired) electrons. The maximum Gasteiger partial charge on any atom is 0.334 e. The topological polar surface area (TPSA) is 80.6 Å². The Bertz CT molecular complexity index is 791. The van der Waals surface area contributed by atoms with Crippen molar-refractivity contribution < 1.29 is 0 Å². The Balaban J connectivity index is 2.02. The summed E-state index contributed by atoms with van der Waals surface area (Å²) < 4.78 is 1.31. The second-order valence-corrected chi connectivity index (χ2v) is 5.97. The van der Waals surface area contributed by atoms with E-state index in [0.717, 1.165) is 17.7 Å². The zero-order valence-corrected chi connectivity index (χ0v) is 12.3. The third-order valence-corrected chi connectivity index (χ3v) is 4.17. The summed E-state index contributed by atoms with van der Waals surface area (Å²) in [6, 6.07) is 3.21. The molecule has 0 saturated heterocycles. The quantitative estimate of drug-likeness (QED) is 0.924. The highest BCUT2D eigenvalue weighted by molar-refractivity contribution is 5.35. The molecule has 6 heteroatoms. The normalized spacial score (nSPS) is 20.8. The molecule has 21 heavy (non-hydrogen) atoms. The molecule has 2 heterocycles. The van der Waals surface area contributed by atoms with Crippen molar-refractivity contribution in [2.45, 2.75) is 33.1 Å². The molecular weight excluding hydrogens is 268 g/mol. The van der Waals surface area contributed by atoms with Gasteiger partial charge in [-0.05, 0) is 42.7 Å². The largest absolute Gasteiger partial charge is 0.334 e. The first-order valence-electron chi connectivity index (χ1n) is 7.14. The van der Waals surface area contributed by atoms with Gasteiger partial charge in [-0.15, -0.1) is 5.10 Å². The molecule has 0 aliphatic heterocycles. The van der Waals surface area contributed by atoms with E-state index >= 15 is 0 Å². The lowest BCUT2D eigenvalue weighted by Gasteiger charge is -2.09. The monoisotopic (exact) mass is 286 g/mol. The Labute approximate surface area is 121 Å². The van der Waals surface area contributed by atoms with Gasteiger partial charge in [0.2, 0.25) is 0 Å². The molecule has 1 N–H and O–H groups in total. The lowest BCUT2D eigenvalue weighted by Crippen LogP contribution is -2.28. The Morgan fingerprint density at radius 3 is 2.71 bits per heavy atom. The lowest BCUT2D eigenvalue weighted by atomic mass is 10.0. The number of aromatic nitrogens is 4. The van der Waals surface area contributed by atoms with Crippen LogP contribution in [0.25, 0.3) is 5.82 Å². The smallest absolute Gasteiger partial charge is 0.274 e. The van der Waals surface area contributed by atoms with Crippen LogP contribution < -0.4 is 11.2 Å². The van der Waals surface area contributed by atoms with Crippen molar-refractivity contribution in [2.75, 3.05) is 0 Å². The van der Waals surface area contributed by atoms with E-state index in [1.54, 1.807) is 0 Å². The summed E-state index contributed by atoms with van der Waals surface area (Å²) in [7, 11) is 0. The van der Waals surface area contributed by atoms with Crippen LogP contribution in [0.2, 0.25) is 0 Å². The van der Waals surface area contributed by atoms with Crippen molar-refractivity contribution in [1.82, 2.24) is 19.7 Å². The van der Waals surface area contributed by atoms with Crippen molar-refractivity contribution in [2.24, 2.45) is 11.8 Å². The van der Waals surface area contributed by atoms with Crippen LogP contribution in [-0.4, -0.2) is 19.7 Å². The Hall–Kier alpha value is -2.24. The van der Waals surface area contributed by atoms with E-state index < -0.39 is 11.2 Å². The molecule has 2 unspecified atom stereocenters. The van der Waals surface area contributed by atoms with Crippen LogP contribution in [0.1, 0.15) is 37.4 Å². The summed E-state index contributed by atoms with van der Waals surface area (Å²) in [5.41, 5.74) is 1.14. The lowest BCUT2D eigenvalue weighted by molar-refractivity contribution is 0.547. The molecule has 1 aliphatic rings. The number of hydrogen-bond donors (Lipinski definition) is 1. The molecule has 2 aromatic rings. The first-order valence-corrected chi connectivity index (χ1v) is 7.14. The maximum atomic E-state index is 11.8. The average Bonchev–Trinajstić information content (AvgIpc) is 3.20. The van der Waals surface area contributed by atoms with Gasteiger partial charge in [-0.1, -0.05) is 13.8 Å². The van der Waals surface area contributed by atoms with E-state index in [-0.39, 0.29) is 0 Å². The van der Waals surface area contributed by atoms with Gasteiger partial charge in [-0.2, -0.15) is 5.10 Å². The van der Waals surface area contributed by atoms with Crippen LogP contribution in [0.4, 0.5) is 0 Å². The summed E-state index contributed by atoms with van der Waals surface area (Å²) in [5, 5.41) is 8.24. The molecule has 2 aromatic heterocycles. The molecule has 0 spiro atoms. The Kier molecular flexibility index (Phi) is 3.23. The predicted molar refractivity (Wildman–Crippen MR) is 78.7 cm³/mol. The minimum atomic E-state index is -0.497. The molecule has 2 atom stereocenters. The summed E-state index contributed by atoms with van der Waals surface area (Å²) in [6.07, 6.45) is 2.58. The van der Waals surface area contributed by atoms with Gasteiger partial charge < -0.3 is 0 Å². The first-order chi connectivity index (χ1) is 9.97. The molecule has 0 bridgehead atoms. The summed E-state index contributed by atoms with van der Waals surface area (Å²) >= 11 is 0. The minimum Gasteiger partial charge on any atom is -0.274 e. The fourth-order valence-corrected chi connectivity index (χ4v) is 2.86. The van der Waals surface area contributed by atoms with Crippen LogP contribution >= 0.6 is 0 Å². The number of hydrogen-bond acceptors (Lipinski definition) is 4. The highest BCUT2D eigenvalue weighted by atomic mass is 16.2. The zero-order chi connectivity index (χ0) is 15.1. The SMILES string of the molecule is Cc1nnc(-n2ccc(=O)[nH]c2=O)cc1C1CC1C(C)C. The number of nitrogens with one attached hydrogen (secondary N) is 1. The molecular formula is C15H18N4O2. The third-order valence-electron chi connectivity index (χ3n) is 4.17. The van der Waals surface area contributed by atoms with Crippen LogP contribution in [-0.2, 0) is 0 Å². The van der Waals surface area contributed by atoms with E-state index in [4.69, 9.17) is 0 Å². The van der Waals surface area contributed by atoms with Crippen LogP contribution in [0.3, 0.4) is 0 Å². The van der Waals surface area contributed by atoms with Crippen LogP contribution in [0, 0.1) is 18.8 Å². The van der Waals surface area contributed by atoms with Crippen LogP contribution in [0.5, 0.6) is 0 Å². The number of aromatic amines is 1. The van der Waals surface area contributed by atoms with Crippen molar-refractivity contribution in [3.63, 3.8) is 0 Å². The van der Waals surface area contributed by atoms with Gasteiger partial charge in [0.05, 0.1) is 5.69 Å². The van der Waals surface area contributed by atoms with Gasteiger partial charge >= 0.3 is 5.69 Å². The minimum absolute atomic E-state index is 0.418. The van der Waals surface area contributed by atoms with E-state index in [1.807, 2.05) is 13.0 Å². The van der Waals surface area contributed by atoms with Crippen LogP contribution in [0.15, 0.2) is 27.9 Å². The first kappa shape index (κ1) is 13.7. The molecule has 1 aliphatic carbocycles. The molecule has 0 aromatic carbocycles. The summed E-state index contributed by atoms with van der Waals surface area (Å²) in [4.78, 5) is 25.2. The summed E-state index contributed by atoms with van der Waals surface area (Å²) in [6.45, 7) is 6.39. The highest BCUT2D eigenvalue weighted by Crippen LogP contribution is 2.52. The Morgan fingerprint density at radius 2 is 2.10 bits per heavy atom. The molecule has 110 valence electrons.